The molecule has 19 heavy (non-hydrogen) atoms. The normalized spacial score (nSPS) is 18.0. The molecule has 2 heteroatoms. The maximum atomic E-state index is 8.89. The van der Waals surface area contributed by atoms with Gasteiger partial charge in [-0.1, -0.05) is 47.6 Å². The third-order valence-electron chi connectivity index (χ3n) is 4.01. The molecule has 92 valence electrons. The van der Waals surface area contributed by atoms with Crippen LogP contribution in [0.25, 0.3) is 29.0 Å². The highest BCUT2D eigenvalue weighted by Gasteiger charge is 2.11. The fourth-order valence-corrected chi connectivity index (χ4v) is 3.08. The second-order valence-corrected chi connectivity index (χ2v) is 5.05. The first-order valence-electron chi connectivity index (χ1n) is 6.51. The van der Waals surface area contributed by atoms with Crippen LogP contribution in [0.3, 0.4) is 0 Å². The Morgan fingerprint density at radius 1 is 1.00 bits per heavy atom. The smallest absolute Gasteiger partial charge is 0.0839 e. The fourth-order valence-electron chi connectivity index (χ4n) is 3.08. The molecule has 0 spiro atoms. The zero-order valence-corrected chi connectivity index (χ0v) is 10.4. The van der Waals surface area contributed by atoms with E-state index in [1.54, 1.807) is 0 Å². The number of nitrogens with zero attached hydrogens (tertiary/aromatic N) is 1. The van der Waals surface area contributed by atoms with Crippen molar-refractivity contribution < 1.29 is 5.21 Å². The van der Waals surface area contributed by atoms with E-state index in [1.165, 1.54) is 27.1 Å². The van der Waals surface area contributed by atoms with Gasteiger partial charge in [0.2, 0.25) is 0 Å². The number of hydrogen-bond acceptors (Lipinski definition) is 2. The Balaban J connectivity index is 2.13. The van der Waals surface area contributed by atoms with Crippen molar-refractivity contribution in [3.05, 3.63) is 51.9 Å². The summed E-state index contributed by atoms with van der Waals surface area (Å²) in [6, 6.07) is 8.71. The predicted octanol–water partition coefficient (Wildman–Crippen LogP) is 2.20. The molecule has 0 unspecified atom stereocenters. The Hall–Kier alpha value is -2.35. The lowest BCUT2D eigenvalue weighted by Crippen LogP contribution is -2.29. The Morgan fingerprint density at radius 3 is 2.79 bits per heavy atom. The summed E-state index contributed by atoms with van der Waals surface area (Å²) in [6.07, 6.45) is 10.2. The largest absolute Gasteiger partial charge is 0.411 e. The van der Waals surface area contributed by atoms with Crippen molar-refractivity contribution in [2.45, 2.75) is 12.8 Å². The summed E-state index contributed by atoms with van der Waals surface area (Å²) >= 11 is 0. The third kappa shape index (κ3) is 1.46. The van der Waals surface area contributed by atoms with E-state index < -0.39 is 0 Å². The van der Waals surface area contributed by atoms with Gasteiger partial charge in [-0.25, -0.2) is 0 Å². The number of hydrogen-bond donors (Lipinski definition) is 1. The molecule has 2 aliphatic carbocycles. The Labute approximate surface area is 110 Å². The molecule has 2 aromatic carbocycles. The first-order valence-corrected chi connectivity index (χ1v) is 6.51. The molecule has 0 bridgehead atoms. The molecule has 0 saturated carbocycles. The quantitative estimate of drug-likeness (QED) is 0.562. The van der Waals surface area contributed by atoms with Crippen LogP contribution in [0.5, 0.6) is 0 Å². The van der Waals surface area contributed by atoms with Gasteiger partial charge < -0.3 is 5.21 Å². The van der Waals surface area contributed by atoms with Gasteiger partial charge in [0.1, 0.15) is 0 Å². The molecule has 1 N–H and O–H groups in total. The standard InChI is InChI=1S/C17H13NO/c19-18-13-6-9-15-12(10-13)5-8-16-14-3-1-2-11(14)4-7-17(15)16/h1-2,4-5,7-10,19H,3,6H2. The SMILES string of the molecule is ON=C1C=c2ccc3c4c(ccc3c2=CC1)C=CC4. The van der Waals surface area contributed by atoms with E-state index >= 15 is 0 Å². The average molecular weight is 247 g/mol. The molecule has 2 aliphatic rings. The zero-order chi connectivity index (χ0) is 12.8. The van der Waals surface area contributed by atoms with Crippen molar-refractivity contribution in [3.63, 3.8) is 0 Å². The van der Waals surface area contributed by atoms with Crippen molar-refractivity contribution in [2.24, 2.45) is 5.16 Å². The van der Waals surface area contributed by atoms with Crippen LogP contribution in [0.2, 0.25) is 0 Å². The summed E-state index contributed by atoms with van der Waals surface area (Å²) < 4.78 is 0. The minimum Gasteiger partial charge on any atom is -0.411 e. The molecular formula is C17H13NO. The molecule has 0 atom stereocenters. The number of fused-ring (bicyclic) bond motifs is 5. The minimum absolute atomic E-state index is 0.692. The van der Waals surface area contributed by atoms with Crippen LogP contribution in [0.15, 0.2) is 35.5 Å². The fraction of sp³-hybridized carbons (Fsp3) is 0.118. The second kappa shape index (κ2) is 3.82. The highest BCUT2D eigenvalue weighted by molar-refractivity contribution is 6.13. The average Bonchev–Trinajstić information content (AvgIpc) is 2.94. The van der Waals surface area contributed by atoms with Gasteiger partial charge in [0.05, 0.1) is 5.71 Å². The molecule has 0 radical (unpaired) electrons. The van der Waals surface area contributed by atoms with E-state index in [0.29, 0.717) is 6.42 Å². The molecule has 0 fully saturated rings. The van der Waals surface area contributed by atoms with E-state index in [9.17, 15) is 0 Å². The van der Waals surface area contributed by atoms with Crippen LogP contribution in [0.4, 0.5) is 0 Å². The summed E-state index contributed by atoms with van der Waals surface area (Å²) in [4.78, 5) is 0. The number of benzene rings is 2. The lowest BCUT2D eigenvalue weighted by molar-refractivity contribution is 0.319. The summed E-state index contributed by atoms with van der Waals surface area (Å²) in [5.74, 6) is 0. The topological polar surface area (TPSA) is 32.6 Å². The maximum Gasteiger partial charge on any atom is 0.0839 e. The van der Waals surface area contributed by atoms with Gasteiger partial charge in [-0.2, -0.15) is 0 Å². The molecule has 0 aliphatic heterocycles. The predicted molar refractivity (Wildman–Crippen MR) is 78.7 cm³/mol. The Kier molecular flexibility index (Phi) is 2.12. The third-order valence-corrected chi connectivity index (χ3v) is 4.01. The highest BCUT2D eigenvalue weighted by atomic mass is 16.4. The van der Waals surface area contributed by atoms with E-state index in [4.69, 9.17) is 5.21 Å². The van der Waals surface area contributed by atoms with Crippen molar-refractivity contribution in [3.8, 4) is 0 Å². The van der Waals surface area contributed by atoms with Gasteiger partial charge in [-0.15, -0.1) is 0 Å². The molecule has 4 rings (SSSR count). The van der Waals surface area contributed by atoms with E-state index in [0.717, 1.165) is 17.4 Å². The molecule has 2 aromatic rings. The molecule has 0 aromatic heterocycles. The van der Waals surface area contributed by atoms with Gasteiger partial charge in [0, 0.05) is 6.42 Å². The first kappa shape index (κ1) is 10.6. The number of allylic oxidation sites excluding steroid dienone is 1. The van der Waals surface area contributed by atoms with Crippen LogP contribution in [-0.2, 0) is 6.42 Å². The Bertz CT molecular complexity index is 872. The van der Waals surface area contributed by atoms with E-state index in [-0.39, 0.29) is 0 Å². The van der Waals surface area contributed by atoms with Crippen molar-refractivity contribution in [1.29, 1.82) is 0 Å². The van der Waals surface area contributed by atoms with Crippen LogP contribution in [0, 0.1) is 0 Å². The van der Waals surface area contributed by atoms with Crippen LogP contribution >= 0.6 is 0 Å². The molecular weight excluding hydrogens is 234 g/mol. The van der Waals surface area contributed by atoms with E-state index in [1.807, 2.05) is 6.08 Å². The van der Waals surface area contributed by atoms with Gasteiger partial charge in [0.25, 0.3) is 0 Å². The van der Waals surface area contributed by atoms with Gasteiger partial charge in [-0.3, -0.25) is 0 Å². The van der Waals surface area contributed by atoms with Crippen molar-refractivity contribution >= 4 is 34.7 Å². The number of oxime groups is 1. The molecule has 0 saturated heterocycles. The zero-order valence-electron chi connectivity index (χ0n) is 10.4. The van der Waals surface area contributed by atoms with Gasteiger partial charge in [0.15, 0.2) is 0 Å². The van der Waals surface area contributed by atoms with Crippen molar-refractivity contribution in [2.75, 3.05) is 0 Å². The van der Waals surface area contributed by atoms with Crippen LogP contribution < -0.4 is 10.4 Å². The minimum atomic E-state index is 0.692. The highest BCUT2D eigenvalue weighted by Crippen LogP contribution is 2.26. The summed E-state index contributed by atoms with van der Waals surface area (Å²) in [5.41, 5.74) is 3.48. The van der Waals surface area contributed by atoms with Crippen LogP contribution in [-0.4, -0.2) is 10.9 Å². The second-order valence-electron chi connectivity index (χ2n) is 5.05. The molecule has 0 amide bonds. The maximum absolute atomic E-state index is 8.89. The lowest BCUT2D eigenvalue weighted by Gasteiger charge is -2.09. The Morgan fingerprint density at radius 2 is 1.89 bits per heavy atom. The van der Waals surface area contributed by atoms with Gasteiger partial charge in [-0.05, 0) is 44.8 Å². The summed E-state index contributed by atoms with van der Waals surface area (Å²) in [5, 5.41) is 17.2. The molecule has 2 nitrogen and oxygen atoms in total. The number of rotatable bonds is 0. The van der Waals surface area contributed by atoms with Gasteiger partial charge >= 0.3 is 0 Å². The first-order chi connectivity index (χ1) is 9.36. The van der Waals surface area contributed by atoms with Crippen molar-refractivity contribution in [1.82, 2.24) is 0 Å². The van der Waals surface area contributed by atoms with E-state index in [2.05, 4.69) is 47.6 Å². The lowest BCUT2D eigenvalue weighted by atomic mass is 9.95. The monoisotopic (exact) mass is 247 g/mol. The summed E-state index contributed by atoms with van der Waals surface area (Å²) in [6.45, 7) is 0. The van der Waals surface area contributed by atoms with Crippen LogP contribution in [0.1, 0.15) is 17.5 Å². The summed E-state index contributed by atoms with van der Waals surface area (Å²) in [7, 11) is 0. The molecule has 0 heterocycles.